The standard InChI is InChI=1S/C17H32N4/c1-4-10-19-17(13-18,15-6-7-15)14-20(3)16-8-11-21(5-2)12-9-16/h15-16,19H,4-12,14H2,1-3H3. The molecular formula is C17H32N4. The number of piperidine rings is 1. The average Bonchev–Trinajstić information content (AvgIpc) is 3.36. The van der Waals surface area contributed by atoms with Crippen LogP contribution < -0.4 is 5.32 Å². The van der Waals surface area contributed by atoms with E-state index in [9.17, 15) is 5.26 Å². The molecule has 1 aliphatic carbocycles. The normalized spacial score (nSPS) is 24.0. The van der Waals surface area contributed by atoms with Gasteiger partial charge in [0, 0.05) is 12.6 Å². The summed E-state index contributed by atoms with van der Waals surface area (Å²) in [6.45, 7) is 9.82. The molecule has 0 aromatic carbocycles. The van der Waals surface area contributed by atoms with Crippen LogP contribution in [0.3, 0.4) is 0 Å². The van der Waals surface area contributed by atoms with Crippen molar-refractivity contribution < 1.29 is 0 Å². The summed E-state index contributed by atoms with van der Waals surface area (Å²) in [7, 11) is 2.22. The van der Waals surface area contributed by atoms with E-state index in [1.807, 2.05) is 0 Å². The maximum Gasteiger partial charge on any atom is 0.122 e. The summed E-state index contributed by atoms with van der Waals surface area (Å²) < 4.78 is 0. The topological polar surface area (TPSA) is 42.3 Å². The molecule has 1 N–H and O–H groups in total. The fourth-order valence-corrected chi connectivity index (χ4v) is 3.62. The van der Waals surface area contributed by atoms with Gasteiger partial charge in [0.2, 0.25) is 0 Å². The molecule has 4 nitrogen and oxygen atoms in total. The van der Waals surface area contributed by atoms with Gasteiger partial charge in [0.15, 0.2) is 0 Å². The summed E-state index contributed by atoms with van der Waals surface area (Å²) in [5.74, 6) is 0.562. The summed E-state index contributed by atoms with van der Waals surface area (Å²) >= 11 is 0. The third-order valence-corrected chi connectivity index (χ3v) is 5.29. The smallest absolute Gasteiger partial charge is 0.122 e. The molecule has 2 rings (SSSR count). The Kier molecular flexibility index (Phi) is 6.04. The van der Waals surface area contributed by atoms with E-state index in [1.54, 1.807) is 0 Å². The Labute approximate surface area is 130 Å². The highest BCUT2D eigenvalue weighted by Crippen LogP contribution is 2.40. The number of hydrogen-bond donors (Lipinski definition) is 1. The quantitative estimate of drug-likeness (QED) is 0.744. The van der Waals surface area contributed by atoms with Crippen molar-refractivity contribution in [3.05, 3.63) is 0 Å². The maximum absolute atomic E-state index is 9.79. The molecular weight excluding hydrogens is 260 g/mol. The van der Waals surface area contributed by atoms with Crippen LogP contribution in [0.2, 0.25) is 0 Å². The number of rotatable bonds is 8. The van der Waals surface area contributed by atoms with E-state index < -0.39 is 0 Å². The van der Waals surface area contributed by atoms with Crippen molar-refractivity contribution in [2.24, 2.45) is 5.92 Å². The summed E-state index contributed by atoms with van der Waals surface area (Å²) in [6, 6.07) is 3.28. The van der Waals surface area contributed by atoms with Gasteiger partial charge in [-0.3, -0.25) is 5.32 Å². The molecule has 1 saturated carbocycles. The highest BCUT2D eigenvalue weighted by molar-refractivity contribution is 5.16. The highest BCUT2D eigenvalue weighted by Gasteiger charge is 2.46. The number of nitrogens with one attached hydrogen (secondary N) is 1. The van der Waals surface area contributed by atoms with Crippen molar-refractivity contribution in [2.75, 3.05) is 39.8 Å². The molecule has 120 valence electrons. The van der Waals surface area contributed by atoms with Crippen LogP contribution in [0.5, 0.6) is 0 Å². The van der Waals surface area contributed by atoms with Gasteiger partial charge in [0.1, 0.15) is 5.54 Å². The van der Waals surface area contributed by atoms with Crippen LogP contribution in [0.1, 0.15) is 46.0 Å². The molecule has 1 heterocycles. The molecule has 2 fully saturated rings. The largest absolute Gasteiger partial charge is 0.303 e. The van der Waals surface area contributed by atoms with E-state index in [2.05, 4.69) is 42.1 Å². The van der Waals surface area contributed by atoms with Crippen molar-refractivity contribution in [2.45, 2.75) is 57.5 Å². The molecule has 0 amide bonds. The monoisotopic (exact) mass is 292 g/mol. The SMILES string of the molecule is CCCNC(C#N)(CN(C)C1CCN(CC)CC1)C1CC1. The summed E-state index contributed by atoms with van der Waals surface area (Å²) in [6.07, 6.45) is 6.00. The number of nitriles is 1. The number of likely N-dealkylation sites (N-methyl/N-ethyl adjacent to an activating group) is 1. The van der Waals surface area contributed by atoms with Gasteiger partial charge >= 0.3 is 0 Å². The maximum atomic E-state index is 9.79. The van der Waals surface area contributed by atoms with Gasteiger partial charge in [0.25, 0.3) is 0 Å². The van der Waals surface area contributed by atoms with Crippen molar-refractivity contribution in [3.63, 3.8) is 0 Å². The zero-order valence-corrected chi connectivity index (χ0v) is 14.1. The molecule has 1 saturated heterocycles. The molecule has 0 bridgehead atoms. The average molecular weight is 292 g/mol. The fourth-order valence-electron chi connectivity index (χ4n) is 3.62. The van der Waals surface area contributed by atoms with E-state index in [-0.39, 0.29) is 5.54 Å². The Bertz CT molecular complexity index is 352. The molecule has 0 radical (unpaired) electrons. The van der Waals surface area contributed by atoms with Crippen LogP contribution in [0.25, 0.3) is 0 Å². The lowest BCUT2D eigenvalue weighted by atomic mass is 9.92. The van der Waals surface area contributed by atoms with Crippen LogP contribution >= 0.6 is 0 Å². The van der Waals surface area contributed by atoms with Crippen LogP contribution in [0, 0.1) is 17.2 Å². The van der Waals surface area contributed by atoms with E-state index in [4.69, 9.17) is 0 Å². The minimum Gasteiger partial charge on any atom is -0.303 e. The first kappa shape index (κ1) is 16.7. The predicted molar refractivity (Wildman–Crippen MR) is 87.1 cm³/mol. The van der Waals surface area contributed by atoms with E-state index >= 15 is 0 Å². The fraction of sp³-hybridized carbons (Fsp3) is 0.941. The molecule has 4 heteroatoms. The Balaban J connectivity index is 1.92. The molecule has 1 unspecified atom stereocenters. The second kappa shape index (κ2) is 7.58. The lowest BCUT2D eigenvalue weighted by Gasteiger charge is -2.40. The van der Waals surface area contributed by atoms with Crippen molar-refractivity contribution in [1.82, 2.24) is 15.1 Å². The highest BCUT2D eigenvalue weighted by atomic mass is 15.2. The summed E-state index contributed by atoms with van der Waals surface area (Å²) in [5.41, 5.74) is -0.313. The van der Waals surface area contributed by atoms with Gasteiger partial charge in [-0.15, -0.1) is 0 Å². The third kappa shape index (κ3) is 4.18. The second-order valence-corrected chi connectivity index (χ2v) is 6.86. The molecule has 21 heavy (non-hydrogen) atoms. The van der Waals surface area contributed by atoms with Crippen LogP contribution in [-0.4, -0.2) is 61.2 Å². The molecule has 1 aliphatic heterocycles. The number of nitrogens with zero attached hydrogens (tertiary/aromatic N) is 3. The van der Waals surface area contributed by atoms with Crippen LogP contribution in [-0.2, 0) is 0 Å². The van der Waals surface area contributed by atoms with Gasteiger partial charge in [-0.1, -0.05) is 13.8 Å². The molecule has 1 atom stereocenters. The number of likely N-dealkylation sites (tertiary alicyclic amines) is 1. The second-order valence-electron chi connectivity index (χ2n) is 6.86. The molecule has 0 spiro atoms. The number of hydrogen-bond acceptors (Lipinski definition) is 4. The van der Waals surface area contributed by atoms with Gasteiger partial charge in [-0.2, -0.15) is 5.26 Å². The molecule has 0 aromatic rings. The zero-order chi connectivity index (χ0) is 15.3. The summed E-state index contributed by atoms with van der Waals surface area (Å²) in [4.78, 5) is 4.98. The predicted octanol–water partition coefficient (Wildman–Crippen LogP) is 2.07. The van der Waals surface area contributed by atoms with Crippen LogP contribution in [0.15, 0.2) is 0 Å². The first-order chi connectivity index (χ1) is 10.1. The van der Waals surface area contributed by atoms with Crippen molar-refractivity contribution >= 4 is 0 Å². The first-order valence-corrected chi connectivity index (χ1v) is 8.74. The molecule has 0 aromatic heterocycles. The summed E-state index contributed by atoms with van der Waals surface area (Å²) in [5, 5.41) is 13.4. The van der Waals surface area contributed by atoms with Gasteiger partial charge in [-0.05, 0) is 71.2 Å². The van der Waals surface area contributed by atoms with Gasteiger partial charge < -0.3 is 9.80 Å². The first-order valence-electron chi connectivity index (χ1n) is 8.74. The van der Waals surface area contributed by atoms with Crippen molar-refractivity contribution in [3.8, 4) is 6.07 Å². The lowest BCUT2D eigenvalue weighted by Crippen LogP contribution is -2.56. The van der Waals surface area contributed by atoms with Gasteiger partial charge in [-0.25, -0.2) is 0 Å². The van der Waals surface area contributed by atoms with Gasteiger partial charge in [0.05, 0.1) is 6.07 Å². The van der Waals surface area contributed by atoms with E-state index in [0.29, 0.717) is 12.0 Å². The van der Waals surface area contributed by atoms with Crippen molar-refractivity contribution in [1.29, 1.82) is 5.26 Å². The molecule has 2 aliphatic rings. The van der Waals surface area contributed by atoms with Crippen LogP contribution in [0.4, 0.5) is 0 Å². The Morgan fingerprint density at radius 2 is 1.90 bits per heavy atom. The minimum atomic E-state index is -0.313. The lowest BCUT2D eigenvalue weighted by molar-refractivity contribution is 0.109. The Morgan fingerprint density at radius 1 is 1.24 bits per heavy atom. The minimum absolute atomic E-state index is 0.313. The van der Waals surface area contributed by atoms with E-state index in [1.165, 1.54) is 45.3 Å². The Hall–Kier alpha value is -0.630. The van der Waals surface area contributed by atoms with E-state index in [0.717, 1.165) is 19.5 Å². The zero-order valence-electron chi connectivity index (χ0n) is 14.1. The third-order valence-electron chi connectivity index (χ3n) is 5.29. The Morgan fingerprint density at radius 3 is 2.38 bits per heavy atom.